The largest absolute Gasteiger partial charge is 0.503 e. The van der Waals surface area contributed by atoms with E-state index in [0.29, 0.717) is 36.3 Å². The predicted molar refractivity (Wildman–Crippen MR) is 141 cm³/mol. The Morgan fingerprint density at radius 1 is 0.944 bits per heavy atom. The highest BCUT2D eigenvalue weighted by molar-refractivity contribution is 7.85. The highest BCUT2D eigenvalue weighted by Gasteiger charge is 2.21. The SMILES string of the molecule is CCN(C(C)C)C(C)C.O=C(O)CCCN(CCCS(=O)(=O)O)c1ccc(-c2c(O)c(=O)c2=O)cc1. The number of carboxylic acid groups (broad SMARTS) is 1. The molecule has 0 fully saturated rings. The van der Waals surface area contributed by atoms with E-state index in [-0.39, 0.29) is 24.9 Å². The summed E-state index contributed by atoms with van der Waals surface area (Å²) < 4.78 is 30.6. The minimum Gasteiger partial charge on any atom is -0.503 e. The number of hydrogen-bond acceptors (Lipinski definition) is 8. The normalized spacial score (nSPS) is 11.7. The van der Waals surface area contributed by atoms with Gasteiger partial charge in [-0.15, -0.1) is 0 Å². The second-order valence-corrected chi connectivity index (χ2v) is 10.6. The summed E-state index contributed by atoms with van der Waals surface area (Å²) >= 11 is 0. The van der Waals surface area contributed by atoms with Gasteiger partial charge in [0.25, 0.3) is 15.5 Å². The second kappa shape index (κ2) is 14.1. The highest BCUT2D eigenvalue weighted by Crippen LogP contribution is 2.27. The molecule has 0 amide bonds. The van der Waals surface area contributed by atoms with E-state index in [1.54, 1.807) is 17.0 Å². The zero-order valence-corrected chi connectivity index (χ0v) is 22.4. The highest BCUT2D eigenvalue weighted by atomic mass is 32.2. The van der Waals surface area contributed by atoms with Gasteiger partial charge < -0.3 is 15.1 Å². The number of aliphatic carboxylic acids is 1. The van der Waals surface area contributed by atoms with Crippen LogP contribution in [0.3, 0.4) is 0 Å². The Balaban J connectivity index is 0.000000613. The van der Waals surface area contributed by atoms with Crippen LogP contribution < -0.4 is 15.8 Å². The Morgan fingerprint density at radius 3 is 1.86 bits per heavy atom. The summed E-state index contributed by atoms with van der Waals surface area (Å²) in [6, 6.07) is 7.71. The van der Waals surface area contributed by atoms with Gasteiger partial charge in [-0.3, -0.25) is 23.8 Å². The molecule has 11 heteroatoms. The molecule has 0 bridgehead atoms. The number of rotatable bonds is 13. The van der Waals surface area contributed by atoms with Crippen molar-refractivity contribution in [3.05, 3.63) is 44.7 Å². The van der Waals surface area contributed by atoms with Crippen LogP contribution in [0.1, 0.15) is 53.9 Å². The molecular weight excluding hydrogens is 488 g/mol. The lowest BCUT2D eigenvalue weighted by Crippen LogP contribution is -2.36. The predicted octanol–water partition coefficient (Wildman–Crippen LogP) is 2.73. The zero-order chi connectivity index (χ0) is 27.6. The molecule has 36 heavy (non-hydrogen) atoms. The Hall–Kier alpha value is -2.76. The van der Waals surface area contributed by atoms with Crippen molar-refractivity contribution in [2.24, 2.45) is 0 Å². The Bertz CT molecular complexity index is 1140. The minimum atomic E-state index is -4.09. The van der Waals surface area contributed by atoms with Crippen LogP contribution in [0, 0.1) is 0 Å². The van der Waals surface area contributed by atoms with Gasteiger partial charge in [-0.25, -0.2) is 0 Å². The van der Waals surface area contributed by atoms with Gasteiger partial charge >= 0.3 is 5.97 Å². The van der Waals surface area contributed by atoms with Gasteiger partial charge in [0, 0.05) is 37.3 Å². The molecule has 2 rings (SSSR count). The molecule has 0 atom stereocenters. The quantitative estimate of drug-likeness (QED) is 0.262. The zero-order valence-electron chi connectivity index (χ0n) is 21.6. The second-order valence-electron chi connectivity index (χ2n) is 9.07. The molecule has 0 aliphatic heterocycles. The number of aromatic hydroxyl groups is 1. The topological polar surface area (TPSA) is 153 Å². The molecule has 202 valence electrons. The van der Waals surface area contributed by atoms with Crippen LogP contribution in [0.15, 0.2) is 33.9 Å². The Kier molecular flexibility index (Phi) is 12.2. The Labute approximate surface area is 212 Å². The van der Waals surface area contributed by atoms with E-state index in [2.05, 4.69) is 39.5 Å². The molecule has 0 saturated heterocycles. The molecule has 2 aromatic rings. The van der Waals surface area contributed by atoms with E-state index < -0.39 is 38.4 Å². The first kappa shape index (κ1) is 31.3. The summed E-state index contributed by atoms with van der Waals surface area (Å²) in [6.07, 6.45) is 0.429. The minimum absolute atomic E-state index is 0.0460. The standard InChI is InChI=1S/C17H19NO8S.C8H19N/c19-13(20)3-1-8-18(9-2-10-27(24,25)26)12-6-4-11(5-7-12)14-15(21)17(23)16(14)22;1-6-9(7(2)3)8(4)5/h4-7,21H,1-3,8-10H2,(H,19,20)(H,24,25,26);7-8H,6H2,1-5H3. The van der Waals surface area contributed by atoms with Crippen molar-refractivity contribution in [2.45, 2.75) is 66.0 Å². The lowest BCUT2D eigenvalue weighted by molar-refractivity contribution is -0.137. The molecule has 0 aromatic heterocycles. The van der Waals surface area contributed by atoms with Crippen LogP contribution in [0.5, 0.6) is 5.75 Å². The maximum Gasteiger partial charge on any atom is 0.303 e. The van der Waals surface area contributed by atoms with Gasteiger partial charge in [-0.2, -0.15) is 8.42 Å². The number of carbonyl (C=O) groups is 1. The van der Waals surface area contributed by atoms with Gasteiger partial charge in [-0.05, 0) is 64.8 Å². The average molecular weight is 527 g/mol. The van der Waals surface area contributed by atoms with Gasteiger partial charge in [0.1, 0.15) is 0 Å². The monoisotopic (exact) mass is 526 g/mol. The van der Waals surface area contributed by atoms with E-state index in [1.807, 2.05) is 0 Å². The molecular formula is C25H38N2O8S. The Morgan fingerprint density at radius 2 is 1.47 bits per heavy atom. The van der Waals surface area contributed by atoms with Crippen LogP contribution in [0.2, 0.25) is 0 Å². The summed E-state index contributed by atoms with van der Waals surface area (Å²) in [5, 5.41) is 18.3. The summed E-state index contributed by atoms with van der Waals surface area (Å²) in [5.74, 6) is -1.93. The third kappa shape index (κ3) is 9.71. The molecule has 0 saturated carbocycles. The summed E-state index contributed by atoms with van der Waals surface area (Å²) in [7, 11) is -4.09. The van der Waals surface area contributed by atoms with E-state index in [1.165, 1.54) is 12.1 Å². The van der Waals surface area contributed by atoms with Crippen molar-refractivity contribution in [1.29, 1.82) is 0 Å². The maximum atomic E-state index is 11.5. The summed E-state index contributed by atoms with van der Waals surface area (Å²) in [5.41, 5.74) is -0.696. The first-order chi connectivity index (χ1) is 16.7. The van der Waals surface area contributed by atoms with Gasteiger partial charge in [0.05, 0.1) is 11.3 Å². The fourth-order valence-electron chi connectivity index (χ4n) is 4.04. The fraction of sp³-hybridized carbons (Fsp3) is 0.560. The van der Waals surface area contributed by atoms with Gasteiger partial charge in [-0.1, -0.05) is 19.1 Å². The number of anilines is 1. The maximum absolute atomic E-state index is 11.5. The van der Waals surface area contributed by atoms with E-state index >= 15 is 0 Å². The van der Waals surface area contributed by atoms with Crippen LogP contribution in [0.4, 0.5) is 5.69 Å². The first-order valence-electron chi connectivity index (χ1n) is 12.0. The van der Waals surface area contributed by atoms with Crippen LogP contribution in [0.25, 0.3) is 11.1 Å². The number of carboxylic acids is 1. The molecule has 2 aromatic carbocycles. The van der Waals surface area contributed by atoms with Crippen molar-refractivity contribution in [1.82, 2.24) is 4.90 Å². The average Bonchev–Trinajstić information content (AvgIpc) is 2.78. The lowest BCUT2D eigenvalue weighted by atomic mass is 10.00. The number of hydrogen-bond donors (Lipinski definition) is 3. The van der Waals surface area contributed by atoms with E-state index in [9.17, 15) is 27.9 Å². The van der Waals surface area contributed by atoms with Crippen LogP contribution >= 0.6 is 0 Å². The number of benzene rings is 1. The van der Waals surface area contributed by atoms with Crippen LogP contribution in [-0.4, -0.2) is 71.5 Å². The molecule has 0 spiro atoms. The third-order valence-corrected chi connectivity index (χ3v) is 6.55. The van der Waals surface area contributed by atoms with Crippen molar-refractivity contribution in [2.75, 3.05) is 30.3 Å². The lowest BCUT2D eigenvalue weighted by Gasteiger charge is -2.28. The molecule has 0 aliphatic carbocycles. The van der Waals surface area contributed by atoms with Gasteiger partial charge in [0.2, 0.25) is 5.43 Å². The van der Waals surface area contributed by atoms with Gasteiger partial charge in [0.15, 0.2) is 5.75 Å². The third-order valence-electron chi connectivity index (χ3n) is 5.75. The fourth-order valence-corrected chi connectivity index (χ4v) is 4.54. The molecule has 0 aliphatic rings. The molecule has 0 heterocycles. The summed E-state index contributed by atoms with van der Waals surface area (Å²) in [4.78, 5) is 37.5. The van der Waals surface area contributed by atoms with E-state index in [4.69, 9.17) is 9.66 Å². The van der Waals surface area contributed by atoms with Crippen molar-refractivity contribution >= 4 is 21.8 Å². The van der Waals surface area contributed by atoms with E-state index in [0.717, 1.165) is 6.54 Å². The first-order valence-corrected chi connectivity index (χ1v) is 13.6. The summed E-state index contributed by atoms with van der Waals surface area (Å²) in [6.45, 7) is 12.9. The van der Waals surface area contributed by atoms with Crippen molar-refractivity contribution in [3.63, 3.8) is 0 Å². The van der Waals surface area contributed by atoms with Crippen molar-refractivity contribution < 1.29 is 28.0 Å². The molecule has 3 N–H and O–H groups in total. The molecule has 0 radical (unpaired) electrons. The molecule has 10 nitrogen and oxygen atoms in total. The smallest absolute Gasteiger partial charge is 0.303 e. The molecule has 0 unspecified atom stereocenters. The van der Waals surface area contributed by atoms with Crippen LogP contribution in [-0.2, 0) is 14.9 Å². The van der Waals surface area contributed by atoms with Crippen molar-refractivity contribution in [3.8, 4) is 16.9 Å². The number of nitrogens with zero attached hydrogens (tertiary/aromatic N) is 2.